The lowest BCUT2D eigenvalue weighted by Gasteiger charge is -2.16. The topological polar surface area (TPSA) is 90.9 Å². The van der Waals surface area contributed by atoms with E-state index in [0.29, 0.717) is 35.5 Å². The van der Waals surface area contributed by atoms with Crippen molar-refractivity contribution in [2.24, 2.45) is 0 Å². The zero-order chi connectivity index (χ0) is 25.7. The molecule has 1 heterocycles. The molecule has 1 aliphatic rings. The molecule has 0 bridgehead atoms. The van der Waals surface area contributed by atoms with Gasteiger partial charge in [0.15, 0.2) is 0 Å². The number of hydrogen-bond acceptors (Lipinski definition) is 5. The molecule has 1 aliphatic heterocycles. The van der Waals surface area contributed by atoms with Crippen LogP contribution < -0.4 is 15.4 Å². The summed E-state index contributed by atoms with van der Waals surface area (Å²) in [6, 6.07) is 19.0. The molecule has 0 fully saturated rings. The quantitative estimate of drug-likeness (QED) is 0.357. The number of anilines is 2. The lowest BCUT2D eigenvalue weighted by molar-refractivity contribution is -0.137. The molecule has 0 aliphatic carbocycles. The first-order valence-electron chi connectivity index (χ1n) is 11.6. The number of carboxylic acids is 1. The summed E-state index contributed by atoms with van der Waals surface area (Å²) >= 11 is 0. The van der Waals surface area contributed by atoms with E-state index >= 15 is 0 Å². The number of hydrogen-bond donors (Lipinski definition) is 3. The van der Waals surface area contributed by atoms with E-state index in [0.717, 1.165) is 29.1 Å². The van der Waals surface area contributed by atoms with Gasteiger partial charge in [-0.2, -0.15) is 0 Å². The number of carbonyl (C=O) groups is 2. The minimum absolute atomic E-state index is 0.0376. The second-order valence-electron chi connectivity index (χ2n) is 8.79. The van der Waals surface area contributed by atoms with E-state index in [-0.39, 0.29) is 12.3 Å². The van der Waals surface area contributed by atoms with Crippen molar-refractivity contribution in [1.29, 1.82) is 0 Å². The molecule has 0 saturated carbocycles. The molecule has 1 amide bonds. The first kappa shape index (κ1) is 24.9. The highest BCUT2D eigenvalue weighted by molar-refractivity contribution is 6.37. The van der Waals surface area contributed by atoms with Crippen molar-refractivity contribution in [2.45, 2.75) is 12.8 Å². The molecule has 36 heavy (non-hydrogen) atoms. The van der Waals surface area contributed by atoms with Gasteiger partial charge in [-0.15, -0.1) is 0 Å². The number of nitrogens with one attached hydrogen (secondary N) is 2. The number of aliphatic carboxylic acids is 1. The van der Waals surface area contributed by atoms with E-state index in [1.807, 2.05) is 67.5 Å². The van der Waals surface area contributed by atoms with Crippen LogP contribution in [0.2, 0.25) is 0 Å². The predicted molar refractivity (Wildman–Crippen MR) is 138 cm³/mol. The van der Waals surface area contributed by atoms with Gasteiger partial charge < -0.3 is 25.4 Å². The third-order valence-electron chi connectivity index (χ3n) is 5.78. The number of carbonyl (C=O) groups excluding carboxylic acids is 1. The van der Waals surface area contributed by atoms with Gasteiger partial charge in [-0.3, -0.25) is 9.59 Å². The van der Waals surface area contributed by atoms with Crippen molar-refractivity contribution >= 4 is 34.5 Å². The number of nitrogens with zero attached hydrogens (tertiary/aromatic N) is 1. The molecule has 8 heteroatoms. The zero-order valence-electron chi connectivity index (χ0n) is 20.2. The number of amides is 1. The van der Waals surface area contributed by atoms with Crippen LogP contribution >= 0.6 is 0 Å². The maximum absolute atomic E-state index is 13.8. The second kappa shape index (κ2) is 11.0. The highest BCUT2D eigenvalue weighted by Crippen LogP contribution is 2.38. The number of rotatable bonds is 10. The van der Waals surface area contributed by atoms with Crippen molar-refractivity contribution < 1.29 is 23.8 Å². The van der Waals surface area contributed by atoms with Crippen molar-refractivity contribution in [2.75, 3.05) is 37.9 Å². The summed E-state index contributed by atoms with van der Waals surface area (Å²) in [4.78, 5) is 26.0. The Balaban J connectivity index is 1.67. The Bertz CT molecular complexity index is 1290. The SMILES string of the molecule is CN(C)CCOc1ccc(NC(=C2C(=O)Nc3cc(F)ccc32)c2ccc(CCC(=O)O)cc2)cc1. The molecule has 3 aromatic rings. The van der Waals surface area contributed by atoms with E-state index < -0.39 is 11.8 Å². The van der Waals surface area contributed by atoms with Crippen molar-refractivity contribution in [3.05, 3.63) is 89.2 Å². The Morgan fingerprint density at radius 2 is 1.78 bits per heavy atom. The van der Waals surface area contributed by atoms with Gasteiger partial charge in [-0.1, -0.05) is 24.3 Å². The summed E-state index contributed by atoms with van der Waals surface area (Å²) < 4.78 is 19.6. The number of likely N-dealkylation sites (N-methyl/N-ethyl adjacent to an activating group) is 1. The Labute approximate surface area is 209 Å². The predicted octanol–water partition coefficient (Wildman–Crippen LogP) is 4.72. The van der Waals surface area contributed by atoms with E-state index in [1.54, 1.807) is 6.07 Å². The zero-order valence-corrected chi connectivity index (χ0v) is 20.2. The molecule has 0 unspecified atom stereocenters. The van der Waals surface area contributed by atoms with Crippen LogP contribution in [0, 0.1) is 5.82 Å². The number of benzene rings is 3. The van der Waals surface area contributed by atoms with Gasteiger partial charge in [0.05, 0.1) is 17.0 Å². The normalized spacial score (nSPS) is 13.8. The van der Waals surface area contributed by atoms with Crippen LogP contribution in [-0.2, 0) is 16.0 Å². The van der Waals surface area contributed by atoms with E-state index in [4.69, 9.17) is 9.84 Å². The van der Waals surface area contributed by atoms with Gasteiger partial charge in [-0.05, 0) is 74.1 Å². The molecule has 0 aromatic heterocycles. The molecule has 0 radical (unpaired) electrons. The molecular weight excluding hydrogens is 461 g/mol. The highest BCUT2D eigenvalue weighted by Gasteiger charge is 2.28. The molecule has 7 nitrogen and oxygen atoms in total. The Hall–Kier alpha value is -4.17. The molecule has 3 aromatic carbocycles. The first-order valence-corrected chi connectivity index (χ1v) is 11.6. The van der Waals surface area contributed by atoms with Crippen LogP contribution in [0.3, 0.4) is 0 Å². The molecule has 0 saturated heterocycles. The molecule has 0 atom stereocenters. The van der Waals surface area contributed by atoms with Crippen molar-refractivity contribution in [1.82, 2.24) is 4.90 Å². The lowest BCUT2D eigenvalue weighted by atomic mass is 9.98. The maximum atomic E-state index is 13.8. The van der Waals surface area contributed by atoms with Gasteiger partial charge in [0, 0.05) is 24.2 Å². The fraction of sp³-hybridized carbons (Fsp3) is 0.214. The van der Waals surface area contributed by atoms with E-state index in [2.05, 4.69) is 10.6 Å². The summed E-state index contributed by atoms with van der Waals surface area (Å²) in [6.07, 6.45) is 0.447. The third-order valence-corrected chi connectivity index (χ3v) is 5.78. The maximum Gasteiger partial charge on any atom is 0.303 e. The summed E-state index contributed by atoms with van der Waals surface area (Å²) in [5, 5.41) is 15.1. The summed E-state index contributed by atoms with van der Waals surface area (Å²) in [5.74, 6) is -0.892. The van der Waals surface area contributed by atoms with Crippen LogP contribution in [-0.4, -0.2) is 49.1 Å². The molecule has 0 spiro atoms. The lowest BCUT2D eigenvalue weighted by Crippen LogP contribution is -2.19. The number of aryl methyl sites for hydroxylation is 1. The van der Waals surface area contributed by atoms with Crippen LogP contribution in [0.5, 0.6) is 5.75 Å². The second-order valence-corrected chi connectivity index (χ2v) is 8.79. The number of fused-ring (bicyclic) bond motifs is 1. The van der Waals surface area contributed by atoms with Crippen LogP contribution in [0.25, 0.3) is 11.3 Å². The van der Waals surface area contributed by atoms with Crippen molar-refractivity contribution in [3.63, 3.8) is 0 Å². The van der Waals surface area contributed by atoms with Gasteiger partial charge >= 0.3 is 5.97 Å². The molecule has 186 valence electrons. The molecule has 3 N–H and O–H groups in total. The van der Waals surface area contributed by atoms with Crippen molar-refractivity contribution in [3.8, 4) is 5.75 Å². The fourth-order valence-corrected chi connectivity index (χ4v) is 3.89. The van der Waals surface area contributed by atoms with Crippen LogP contribution in [0.4, 0.5) is 15.8 Å². The largest absolute Gasteiger partial charge is 0.492 e. The van der Waals surface area contributed by atoms with Gasteiger partial charge in [-0.25, -0.2) is 4.39 Å². The number of halogens is 1. The highest BCUT2D eigenvalue weighted by atomic mass is 19.1. The molecular formula is C28H28FN3O4. The summed E-state index contributed by atoms with van der Waals surface area (Å²) in [6.45, 7) is 1.37. The summed E-state index contributed by atoms with van der Waals surface area (Å²) in [5.41, 5.74) is 4.33. The smallest absolute Gasteiger partial charge is 0.303 e. The standard InChI is InChI=1S/C28H28FN3O4/c1-32(2)15-16-36-22-11-9-21(10-12-22)30-27(19-6-3-18(4-7-19)5-14-25(33)34)26-23-13-8-20(29)17-24(23)31-28(26)35/h3-4,6-13,17,30H,5,14-16H2,1-2H3,(H,31,35)(H,33,34). The van der Waals surface area contributed by atoms with Crippen LogP contribution in [0.1, 0.15) is 23.1 Å². The Morgan fingerprint density at radius 1 is 1.06 bits per heavy atom. The van der Waals surface area contributed by atoms with Crippen LogP contribution in [0.15, 0.2) is 66.7 Å². The fourth-order valence-electron chi connectivity index (χ4n) is 3.89. The monoisotopic (exact) mass is 489 g/mol. The average molecular weight is 490 g/mol. The number of carboxylic acid groups (broad SMARTS) is 1. The minimum atomic E-state index is -0.857. The van der Waals surface area contributed by atoms with Gasteiger partial charge in [0.25, 0.3) is 5.91 Å². The average Bonchev–Trinajstić information content (AvgIpc) is 3.16. The van der Waals surface area contributed by atoms with E-state index in [9.17, 15) is 14.0 Å². The summed E-state index contributed by atoms with van der Waals surface area (Å²) in [7, 11) is 3.96. The minimum Gasteiger partial charge on any atom is -0.492 e. The first-order chi connectivity index (χ1) is 17.3. The van der Waals surface area contributed by atoms with Gasteiger partial charge in [0.1, 0.15) is 18.2 Å². The van der Waals surface area contributed by atoms with Gasteiger partial charge in [0.2, 0.25) is 0 Å². The third kappa shape index (κ3) is 6.09. The number of ether oxygens (including phenoxy) is 1. The Kier molecular flexibility index (Phi) is 7.65. The van der Waals surface area contributed by atoms with E-state index in [1.165, 1.54) is 12.1 Å². The Morgan fingerprint density at radius 3 is 2.44 bits per heavy atom. The molecule has 4 rings (SSSR count).